The minimum Gasteiger partial charge on any atom is -0.493 e. The van der Waals surface area contributed by atoms with Gasteiger partial charge in [-0.3, -0.25) is 10.1 Å². The first-order chi connectivity index (χ1) is 17.9. The number of hydrogen-bond acceptors (Lipinski definition) is 10. The van der Waals surface area contributed by atoms with Gasteiger partial charge in [0.2, 0.25) is 17.8 Å². The molecule has 0 fully saturated rings. The predicted octanol–water partition coefficient (Wildman–Crippen LogP) is 6.49. The highest BCUT2D eigenvalue weighted by atomic mass is 16.6. The second-order valence-corrected chi connectivity index (χ2v) is 8.20. The Balaban J connectivity index is 1.50. The third kappa shape index (κ3) is 5.17. The van der Waals surface area contributed by atoms with Crippen LogP contribution in [0.2, 0.25) is 0 Å². The van der Waals surface area contributed by atoms with E-state index in [4.69, 9.17) is 0 Å². The minimum atomic E-state index is -0.475. The van der Waals surface area contributed by atoms with Gasteiger partial charge < -0.3 is 20.7 Å². The summed E-state index contributed by atoms with van der Waals surface area (Å²) in [5.74, 6) is 0.208. The smallest absolute Gasteiger partial charge is 0.275 e. The van der Waals surface area contributed by atoms with Crippen LogP contribution in [0.15, 0.2) is 77.0 Å². The number of aromatic amines is 1. The number of azo groups is 1. The molecular weight excluding hydrogens is 474 g/mol. The second-order valence-electron chi connectivity index (χ2n) is 8.20. The van der Waals surface area contributed by atoms with E-state index in [0.29, 0.717) is 16.6 Å². The molecule has 12 heteroatoms. The van der Waals surface area contributed by atoms with Gasteiger partial charge in [-0.05, 0) is 55.3 Å². The zero-order chi connectivity index (χ0) is 25.9. The lowest BCUT2D eigenvalue weighted by Gasteiger charge is -2.10. The van der Waals surface area contributed by atoms with Gasteiger partial charge in [0.05, 0.1) is 10.4 Å². The molecule has 0 amide bonds. The van der Waals surface area contributed by atoms with Crippen molar-refractivity contribution < 1.29 is 10.0 Å². The first-order valence-electron chi connectivity index (χ1n) is 11.2. The van der Waals surface area contributed by atoms with Crippen molar-refractivity contribution in [2.24, 2.45) is 10.2 Å². The summed E-state index contributed by atoms with van der Waals surface area (Å²) in [6, 6.07) is 19.0. The highest BCUT2D eigenvalue weighted by Crippen LogP contribution is 2.36. The Hall–Kier alpha value is -5.39. The van der Waals surface area contributed by atoms with E-state index >= 15 is 0 Å². The van der Waals surface area contributed by atoms with Crippen LogP contribution in [0.3, 0.4) is 0 Å². The van der Waals surface area contributed by atoms with E-state index in [1.54, 1.807) is 12.1 Å². The van der Waals surface area contributed by atoms with Crippen molar-refractivity contribution in [3.8, 4) is 5.88 Å². The molecule has 0 bridgehead atoms. The topological polar surface area (TPSA) is 167 Å². The molecule has 3 aromatic carbocycles. The van der Waals surface area contributed by atoms with Crippen molar-refractivity contribution in [1.29, 1.82) is 0 Å². The zero-order valence-electron chi connectivity index (χ0n) is 19.8. The highest BCUT2D eigenvalue weighted by Gasteiger charge is 2.12. The Bertz CT molecular complexity index is 1650. The summed E-state index contributed by atoms with van der Waals surface area (Å²) < 4.78 is 0. The van der Waals surface area contributed by atoms with E-state index in [1.807, 2.05) is 56.3 Å². The molecule has 0 aliphatic rings. The van der Waals surface area contributed by atoms with E-state index in [2.05, 4.69) is 40.8 Å². The number of rotatable bonds is 7. The van der Waals surface area contributed by atoms with Crippen molar-refractivity contribution in [2.45, 2.75) is 13.8 Å². The number of benzene rings is 3. The van der Waals surface area contributed by atoms with E-state index in [9.17, 15) is 15.2 Å². The van der Waals surface area contributed by atoms with Crippen molar-refractivity contribution in [3.05, 3.63) is 88.0 Å². The number of nitrogens with zero attached hydrogens (tertiary/aromatic N) is 6. The fourth-order valence-electron chi connectivity index (χ4n) is 3.57. The number of nitro benzene ring substituents is 1. The summed E-state index contributed by atoms with van der Waals surface area (Å²) in [6.45, 7) is 4.02. The predicted molar refractivity (Wildman–Crippen MR) is 140 cm³/mol. The van der Waals surface area contributed by atoms with Crippen LogP contribution in [0.25, 0.3) is 10.9 Å². The number of non-ortho nitro benzene ring substituents is 1. The summed E-state index contributed by atoms with van der Waals surface area (Å²) in [6.07, 6.45) is 0. The van der Waals surface area contributed by atoms with Crippen LogP contribution in [0.4, 0.5) is 40.6 Å². The van der Waals surface area contributed by atoms with E-state index in [0.717, 1.165) is 16.8 Å². The number of fused-ring (bicyclic) bond motifs is 1. The first-order valence-corrected chi connectivity index (χ1v) is 11.2. The summed E-state index contributed by atoms with van der Waals surface area (Å²) in [5.41, 5.74) is 4.48. The van der Waals surface area contributed by atoms with Gasteiger partial charge in [-0.1, -0.05) is 24.3 Å². The van der Waals surface area contributed by atoms with Gasteiger partial charge in [-0.15, -0.1) is 10.2 Å². The molecule has 0 radical (unpaired) electrons. The molecule has 2 aromatic heterocycles. The molecule has 0 saturated heterocycles. The molecular formula is C25H21N9O3. The number of nitro groups is 1. The fraction of sp³-hybridized carbons (Fsp3) is 0.0800. The summed E-state index contributed by atoms with van der Waals surface area (Å²) >= 11 is 0. The number of aryl methyl sites for hydroxylation is 2. The number of para-hydroxylation sites is 1. The van der Waals surface area contributed by atoms with Crippen LogP contribution < -0.4 is 10.6 Å². The Morgan fingerprint density at radius 3 is 2.24 bits per heavy atom. The molecule has 0 saturated carbocycles. The third-order valence-corrected chi connectivity index (χ3v) is 5.62. The van der Waals surface area contributed by atoms with Crippen molar-refractivity contribution in [1.82, 2.24) is 19.9 Å². The fourth-order valence-corrected chi connectivity index (χ4v) is 3.57. The standard InChI is InChI=1S/C25H21N9O3/c1-14-7-8-17(13-15(14)2)27-24-29-23(26-16-9-11-18(12-10-16)34(36)37)30-25(31-24)33-32-21-19-5-3-4-6-20(19)28-22(21)35/h3-13,28,35H,1-2H3,(H2,26,27,29,30,31). The largest absolute Gasteiger partial charge is 0.493 e. The Morgan fingerprint density at radius 1 is 0.865 bits per heavy atom. The zero-order valence-corrected chi connectivity index (χ0v) is 19.8. The Kier molecular flexibility index (Phi) is 6.12. The summed E-state index contributed by atoms with van der Waals surface area (Å²) in [7, 11) is 0. The van der Waals surface area contributed by atoms with Crippen LogP contribution in [-0.4, -0.2) is 30.0 Å². The Labute approximate surface area is 210 Å². The van der Waals surface area contributed by atoms with Crippen molar-refractivity contribution >= 4 is 51.5 Å². The molecule has 4 N–H and O–H groups in total. The molecule has 2 heterocycles. The number of nitrogens with one attached hydrogen (secondary N) is 3. The van der Waals surface area contributed by atoms with Crippen LogP contribution in [0.1, 0.15) is 11.1 Å². The normalized spacial score (nSPS) is 11.2. The molecule has 5 rings (SSSR count). The molecule has 0 atom stereocenters. The lowest BCUT2D eigenvalue weighted by molar-refractivity contribution is -0.384. The van der Waals surface area contributed by atoms with Gasteiger partial charge in [0.25, 0.3) is 11.6 Å². The number of hydrogen-bond donors (Lipinski definition) is 4. The van der Waals surface area contributed by atoms with Crippen LogP contribution in [0.5, 0.6) is 5.88 Å². The van der Waals surface area contributed by atoms with Gasteiger partial charge in [0.1, 0.15) is 0 Å². The van der Waals surface area contributed by atoms with E-state index in [1.165, 1.54) is 12.1 Å². The first kappa shape index (κ1) is 23.4. The maximum atomic E-state index is 11.0. The molecule has 0 spiro atoms. The van der Waals surface area contributed by atoms with Gasteiger partial charge in [-0.2, -0.15) is 15.0 Å². The quantitative estimate of drug-likeness (QED) is 0.113. The number of aromatic nitrogens is 4. The van der Waals surface area contributed by atoms with Gasteiger partial charge in [0, 0.05) is 28.9 Å². The maximum absolute atomic E-state index is 11.0. The minimum absolute atomic E-state index is 0.0181. The maximum Gasteiger partial charge on any atom is 0.275 e. The van der Waals surface area contributed by atoms with E-state index in [-0.39, 0.29) is 35.1 Å². The van der Waals surface area contributed by atoms with Gasteiger partial charge in [-0.25, -0.2) is 0 Å². The summed E-state index contributed by atoms with van der Waals surface area (Å²) in [4.78, 5) is 26.4. The molecule has 12 nitrogen and oxygen atoms in total. The van der Waals surface area contributed by atoms with Crippen LogP contribution >= 0.6 is 0 Å². The second kappa shape index (κ2) is 9.70. The lowest BCUT2D eigenvalue weighted by atomic mass is 10.1. The van der Waals surface area contributed by atoms with Gasteiger partial charge >= 0.3 is 0 Å². The Morgan fingerprint density at radius 2 is 1.54 bits per heavy atom. The molecule has 0 unspecified atom stereocenters. The highest BCUT2D eigenvalue weighted by molar-refractivity contribution is 5.94. The number of anilines is 4. The number of aromatic hydroxyl groups is 1. The molecule has 37 heavy (non-hydrogen) atoms. The van der Waals surface area contributed by atoms with Crippen LogP contribution in [0, 0.1) is 24.0 Å². The molecule has 5 aromatic rings. The molecule has 0 aliphatic carbocycles. The summed E-state index contributed by atoms with van der Waals surface area (Å²) in [5, 5.41) is 36.4. The average molecular weight is 496 g/mol. The van der Waals surface area contributed by atoms with Crippen molar-refractivity contribution in [3.63, 3.8) is 0 Å². The third-order valence-electron chi connectivity index (χ3n) is 5.62. The van der Waals surface area contributed by atoms with E-state index < -0.39 is 4.92 Å². The van der Waals surface area contributed by atoms with Gasteiger partial charge in [0.15, 0.2) is 5.69 Å². The van der Waals surface area contributed by atoms with Crippen molar-refractivity contribution in [2.75, 3.05) is 10.6 Å². The van der Waals surface area contributed by atoms with Crippen LogP contribution in [-0.2, 0) is 0 Å². The lowest BCUT2D eigenvalue weighted by Crippen LogP contribution is -2.04. The monoisotopic (exact) mass is 495 g/mol. The average Bonchev–Trinajstić information content (AvgIpc) is 3.20. The molecule has 184 valence electrons. The molecule has 0 aliphatic heterocycles. The number of H-pyrrole nitrogens is 1. The SMILES string of the molecule is Cc1ccc(Nc2nc(N=Nc3c(O)[nH]c4ccccc34)nc(Nc3ccc([N+](=O)[O-])cc3)n2)cc1C.